The number of ketones is 3. The maximum absolute atomic E-state index is 11.6. The Bertz CT molecular complexity index is 349. The molecule has 0 amide bonds. The largest absolute Gasteiger partial charge is 0.413 e. The number of methoxy groups -OCH3 is 1. The lowest BCUT2D eigenvalue weighted by molar-refractivity contribution is -0.485. The van der Waals surface area contributed by atoms with Crippen molar-refractivity contribution in [1.82, 2.24) is 0 Å². The van der Waals surface area contributed by atoms with Crippen molar-refractivity contribution in [3.63, 3.8) is 0 Å². The Morgan fingerprint density at radius 3 is 1.21 bits per heavy atom. The highest BCUT2D eigenvalue weighted by molar-refractivity contribution is 7.80. The molecular weight excluding hydrogens is 376 g/mol. The predicted octanol–water partition coefficient (Wildman–Crippen LogP) is 0.961. The van der Waals surface area contributed by atoms with Gasteiger partial charge in [-0.2, -0.15) is 37.9 Å². The molecule has 0 N–H and O–H groups in total. The molecule has 0 saturated carbocycles. The molecule has 0 radical (unpaired) electrons. The molecule has 0 fully saturated rings. The van der Waals surface area contributed by atoms with Crippen molar-refractivity contribution in [2.45, 2.75) is 25.4 Å². The zero-order valence-corrected chi connectivity index (χ0v) is 16.2. The molecule has 7 nitrogen and oxygen atoms in total. The molecule has 0 aliphatic rings. The van der Waals surface area contributed by atoms with Crippen molar-refractivity contribution in [3.8, 4) is 0 Å². The van der Waals surface area contributed by atoms with Crippen LogP contribution in [0.4, 0.5) is 0 Å². The average Bonchev–Trinajstić information content (AvgIpc) is 2.55. The van der Waals surface area contributed by atoms with E-state index >= 15 is 0 Å². The molecule has 0 aliphatic carbocycles. The molecule has 140 valence electrons. The molecule has 0 spiro atoms. The zero-order valence-electron chi connectivity index (χ0n) is 13.6. The van der Waals surface area contributed by atoms with Gasteiger partial charge in [-0.3, -0.25) is 28.6 Å². The molecule has 0 aromatic carbocycles. The van der Waals surface area contributed by atoms with Gasteiger partial charge in [0.1, 0.15) is 19.8 Å². The Balaban J connectivity index is 4.81. The van der Waals surface area contributed by atoms with Gasteiger partial charge in [-0.15, -0.1) is 0 Å². The third kappa shape index (κ3) is 10.7. The molecule has 10 heteroatoms. The second kappa shape index (κ2) is 14.1. The zero-order chi connectivity index (χ0) is 18.4. The van der Waals surface area contributed by atoms with Crippen LogP contribution in [0, 0.1) is 0 Å². The summed E-state index contributed by atoms with van der Waals surface area (Å²) < 4.78 is 20.8. The topological polar surface area (TPSA) is 88.1 Å². The second-order valence-electron chi connectivity index (χ2n) is 4.61. The van der Waals surface area contributed by atoms with Gasteiger partial charge in [0.25, 0.3) is 0 Å². The van der Waals surface area contributed by atoms with E-state index in [-0.39, 0.29) is 56.4 Å². The predicted molar refractivity (Wildman–Crippen MR) is 98.0 cm³/mol. The lowest BCUT2D eigenvalue weighted by atomic mass is 10.3. The minimum absolute atomic E-state index is 0.195. The van der Waals surface area contributed by atoms with Crippen LogP contribution in [0.2, 0.25) is 0 Å². The van der Waals surface area contributed by atoms with Gasteiger partial charge in [0, 0.05) is 26.4 Å². The lowest BCUT2D eigenvalue weighted by Crippen LogP contribution is -2.45. The fourth-order valence-electron chi connectivity index (χ4n) is 1.40. The Morgan fingerprint density at radius 1 is 0.708 bits per heavy atom. The summed E-state index contributed by atoms with van der Waals surface area (Å²) >= 11 is 11.9. The summed E-state index contributed by atoms with van der Waals surface area (Å²) in [6.07, 6.45) is -1.52. The highest BCUT2D eigenvalue weighted by Crippen LogP contribution is 2.18. The van der Waals surface area contributed by atoms with E-state index in [0.717, 1.165) is 0 Å². The number of Topliss-reactive ketones (excluding diaryl/α,β-unsaturated/α-hetero) is 3. The van der Waals surface area contributed by atoms with Gasteiger partial charge in [0.05, 0.1) is 0 Å². The number of thiol groups is 3. The van der Waals surface area contributed by atoms with Gasteiger partial charge < -0.3 is 4.74 Å². The number of carbonyl (C=O) groups excluding carboxylic acids is 3. The summed E-state index contributed by atoms with van der Waals surface area (Å²) in [5.74, 6) is 0.353. The summed E-state index contributed by atoms with van der Waals surface area (Å²) in [6, 6.07) is 0. The highest BCUT2D eigenvalue weighted by Gasteiger charge is 2.36. The Kier molecular flexibility index (Phi) is 14.1. The van der Waals surface area contributed by atoms with E-state index in [0.29, 0.717) is 17.3 Å². The van der Waals surface area contributed by atoms with Crippen molar-refractivity contribution in [2.75, 3.05) is 44.2 Å². The standard InChI is InChI=1S/C14H24O7S3/c1-18-14(19-8-11(15)2-5-22,20-9-12(16)3-6-23)21-10-13(17)4-7-24/h22-24H,2-10H2,1H3. The molecule has 0 aliphatic heterocycles. The Labute approximate surface area is 158 Å². The van der Waals surface area contributed by atoms with Crippen LogP contribution in [0.15, 0.2) is 0 Å². The maximum atomic E-state index is 11.6. The second-order valence-corrected chi connectivity index (χ2v) is 5.95. The van der Waals surface area contributed by atoms with Crippen molar-refractivity contribution in [1.29, 1.82) is 0 Å². The van der Waals surface area contributed by atoms with E-state index in [2.05, 4.69) is 37.9 Å². The monoisotopic (exact) mass is 400 g/mol. The van der Waals surface area contributed by atoms with Crippen LogP contribution in [0.3, 0.4) is 0 Å². The highest BCUT2D eigenvalue weighted by atomic mass is 32.1. The minimum atomic E-state index is -2.11. The number of carbonyl (C=O) groups is 3. The van der Waals surface area contributed by atoms with Crippen LogP contribution in [0.5, 0.6) is 0 Å². The normalized spacial score (nSPS) is 11.5. The summed E-state index contributed by atoms with van der Waals surface area (Å²) in [4.78, 5) is 34.8. The third-order valence-corrected chi connectivity index (χ3v) is 3.32. The van der Waals surface area contributed by atoms with Gasteiger partial charge in [-0.05, 0) is 17.3 Å². The first-order chi connectivity index (χ1) is 11.4. The maximum Gasteiger partial charge on any atom is 0.413 e. The lowest BCUT2D eigenvalue weighted by Gasteiger charge is -2.30. The van der Waals surface area contributed by atoms with E-state index in [1.165, 1.54) is 7.11 Å². The molecule has 0 unspecified atom stereocenters. The van der Waals surface area contributed by atoms with Crippen molar-refractivity contribution >= 4 is 55.2 Å². The SMILES string of the molecule is COC(OCC(=O)CCS)(OCC(=O)CCS)OCC(=O)CCS. The van der Waals surface area contributed by atoms with E-state index in [1.807, 2.05) is 0 Å². The van der Waals surface area contributed by atoms with Gasteiger partial charge in [0.2, 0.25) is 0 Å². The number of rotatable bonds is 16. The minimum Gasteiger partial charge on any atom is -0.307 e. The summed E-state index contributed by atoms with van der Waals surface area (Å²) in [7, 11) is 1.22. The summed E-state index contributed by atoms with van der Waals surface area (Å²) in [5, 5.41) is 0. The van der Waals surface area contributed by atoms with E-state index < -0.39 is 6.16 Å². The molecule has 0 aromatic heterocycles. The van der Waals surface area contributed by atoms with Gasteiger partial charge >= 0.3 is 6.16 Å². The third-order valence-electron chi connectivity index (χ3n) is 2.65. The van der Waals surface area contributed by atoms with Crippen LogP contribution in [0.1, 0.15) is 19.3 Å². The van der Waals surface area contributed by atoms with Gasteiger partial charge in [0.15, 0.2) is 17.3 Å². The molecular formula is C14H24O7S3. The van der Waals surface area contributed by atoms with Gasteiger partial charge in [-0.1, -0.05) is 0 Å². The van der Waals surface area contributed by atoms with Crippen molar-refractivity contribution in [3.05, 3.63) is 0 Å². The fraction of sp³-hybridized carbons (Fsp3) is 0.786. The van der Waals surface area contributed by atoms with Crippen LogP contribution < -0.4 is 0 Å². The quantitative estimate of drug-likeness (QED) is 0.263. The first-order valence-electron chi connectivity index (χ1n) is 7.27. The summed E-state index contributed by atoms with van der Waals surface area (Å²) in [6.45, 7) is -1.10. The number of hydrogen-bond donors (Lipinski definition) is 3. The molecule has 0 bridgehead atoms. The van der Waals surface area contributed by atoms with Crippen LogP contribution in [-0.4, -0.2) is 67.7 Å². The molecule has 0 heterocycles. The van der Waals surface area contributed by atoms with E-state index in [1.54, 1.807) is 0 Å². The Morgan fingerprint density at radius 2 is 1.00 bits per heavy atom. The average molecular weight is 401 g/mol. The van der Waals surface area contributed by atoms with E-state index in [9.17, 15) is 14.4 Å². The van der Waals surface area contributed by atoms with E-state index in [4.69, 9.17) is 18.9 Å². The van der Waals surface area contributed by atoms with Crippen molar-refractivity contribution < 1.29 is 33.3 Å². The van der Waals surface area contributed by atoms with Gasteiger partial charge in [-0.25, -0.2) is 0 Å². The molecule has 0 atom stereocenters. The first kappa shape index (κ1) is 23.9. The van der Waals surface area contributed by atoms with Crippen LogP contribution in [0.25, 0.3) is 0 Å². The van der Waals surface area contributed by atoms with Crippen LogP contribution in [-0.2, 0) is 33.3 Å². The number of ether oxygens (including phenoxy) is 4. The Hall–Kier alpha value is -0.100. The molecule has 0 aromatic rings. The summed E-state index contributed by atoms with van der Waals surface area (Å²) in [5.41, 5.74) is 0. The number of hydrogen-bond acceptors (Lipinski definition) is 10. The fourth-order valence-corrected chi connectivity index (χ4v) is 2.15. The van der Waals surface area contributed by atoms with Crippen LogP contribution >= 0.6 is 37.9 Å². The molecule has 24 heavy (non-hydrogen) atoms. The smallest absolute Gasteiger partial charge is 0.307 e. The van der Waals surface area contributed by atoms with Crippen molar-refractivity contribution in [2.24, 2.45) is 0 Å². The molecule has 0 saturated heterocycles. The molecule has 0 rings (SSSR count). The first-order valence-corrected chi connectivity index (χ1v) is 9.17.